The van der Waals surface area contributed by atoms with Gasteiger partial charge in [-0.15, -0.1) is 0 Å². The second-order valence-electron chi connectivity index (χ2n) is 4.18. The van der Waals surface area contributed by atoms with Crippen LogP contribution in [0.15, 0.2) is 11.6 Å². The van der Waals surface area contributed by atoms with Crippen LogP contribution >= 0.6 is 0 Å². The van der Waals surface area contributed by atoms with E-state index in [0.717, 1.165) is 12.5 Å². The van der Waals surface area contributed by atoms with Gasteiger partial charge in [-0.2, -0.15) is 0 Å². The van der Waals surface area contributed by atoms with Crippen molar-refractivity contribution in [1.29, 1.82) is 0 Å². The molecule has 0 radical (unpaired) electrons. The lowest BCUT2D eigenvalue weighted by atomic mass is 10.7. The van der Waals surface area contributed by atoms with Crippen molar-refractivity contribution < 1.29 is 4.74 Å². The van der Waals surface area contributed by atoms with E-state index in [-0.39, 0.29) is 0 Å². The van der Waals surface area contributed by atoms with Gasteiger partial charge < -0.3 is 9.64 Å². The molecule has 72 valence electrons. The zero-order valence-corrected chi connectivity index (χ0v) is 10.1. The molecule has 0 amide bonds. The summed E-state index contributed by atoms with van der Waals surface area (Å²) in [5.74, 6) is 1.01. The Labute approximate surface area is 77.2 Å². The minimum atomic E-state index is -1.15. The lowest BCUT2D eigenvalue weighted by Crippen LogP contribution is -2.23. The van der Waals surface area contributed by atoms with E-state index in [2.05, 4.69) is 25.3 Å². The van der Waals surface area contributed by atoms with E-state index in [4.69, 9.17) is 4.74 Å². The summed E-state index contributed by atoms with van der Waals surface area (Å²) in [5.41, 5.74) is 2.27. The van der Waals surface area contributed by atoms with Gasteiger partial charge in [0, 0.05) is 14.1 Å². The van der Waals surface area contributed by atoms with Crippen molar-refractivity contribution in [2.45, 2.75) is 26.6 Å². The Morgan fingerprint density at radius 1 is 1.33 bits per heavy atom. The molecule has 0 N–H and O–H groups in total. The van der Waals surface area contributed by atoms with Crippen molar-refractivity contribution in [2.24, 2.45) is 0 Å². The summed E-state index contributed by atoms with van der Waals surface area (Å²) < 4.78 is 5.50. The summed E-state index contributed by atoms with van der Waals surface area (Å²) in [7, 11) is 2.88. The molecule has 0 aromatic carbocycles. The zero-order chi connectivity index (χ0) is 9.78. The zero-order valence-electron chi connectivity index (χ0n) is 9.14. The van der Waals surface area contributed by atoms with Crippen LogP contribution in [0.3, 0.4) is 0 Å². The Hall–Kier alpha value is -0.443. The van der Waals surface area contributed by atoms with Gasteiger partial charge in [-0.1, -0.05) is 19.6 Å². The van der Waals surface area contributed by atoms with Crippen LogP contribution in [0.2, 0.25) is 19.6 Å². The highest BCUT2D eigenvalue weighted by Gasteiger charge is 2.12. The smallest absolute Gasteiger partial charge is 0.180 e. The normalized spacial score (nSPS) is 13.0. The number of hydrogen-bond acceptors (Lipinski definition) is 2. The van der Waals surface area contributed by atoms with E-state index < -0.39 is 8.07 Å². The van der Waals surface area contributed by atoms with Crippen molar-refractivity contribution in [3.63, 3.8) is 0 Å². The van der Waals surface area contributed by atoms with E-state index in [1.165, 1.54) is 0 Å². The Bertz CT molecular complexity index is 158. The summed E-state index contributed by atoms with van der Waals surface area (Å²) in [6, 6.07) is 0. The van der Waals surface area contributed by atoms with Gasteiger partial charge in [-0.25, -0.2) is 0 Å². The first-order chi connectivity index (χ1) is 5.37. The fourth-order valence-corrected chi connectivity index (χ4v) is 1.90. The van der Waals surface area contributed by atoms with E-state index >= 15 is 0 Å². The lowest BCUT2D eigenvalue weighted by molar-refractivity contribution is 0.153. The largest absolute Gasteiger partial charge is 0.480 e. The molecular formula is C9H21NOSi. The van der Waals surface area contributed by atoms with Crippen molar-refractivity contribution in [2.75, 3.05) is 20.7 Å². The summed E-state index contributed by atoms with van der Waals surface area (Å²) in [5, 5.41) is 0. The minimum Gasteiger partial charge on any atom is -0.480 e. The Kier molecular flexibility index (Phi) is 4.38. The monoisotopic (exact) mass is 187 g/mol. The maximum Gasteiger partial charge on any atom is 0.180 e. The van der Waals surface area contributed by atoms with Gasteiger partial charge in [0.25, 0.3) is 0 Å². The molecule has 0 spiro atoms. The fraction of sp³-hybridized carbons (Fsp3) is 0.778. The number of nitrogens with zero attached hydrogens (tertiary/aromatic N) is 1. The third kappa shape index (κ3) is 5.24. The fourth-order valence-electron chi connectivity index (χ4n) is 0.818. The van der Waals surface area contributed by atoms with Crippen LogP contribution in [0.5, 0.6) is 0 Å². The summed E-state index contributed by atoms with van der Waals surface area (Å²) in [4.78, 5) is 2.03. The third-order valence-electron chi connectivity index (χ3n) is 1.29. The Balaban J connectivity index is 4.39. The lowest BCUT2D eigenvalue weighted by Gasteiger charge is -2.20. The van der Waals surface area contributed by atoms with Crippen LogP contribution in [0.4, 0.5) is 0 Å². The third-order valence-corrected chi connectivity index (χ3v) is 2.40. The maximum atomic E-state index is 5.50. The van der Waals surface area contributed by atoms with E-state index in [0.29, 0.717) is 0 Å². The van der Waals surface area contributed by atoms with Gasteiger partial charge in [0.15, 0.2) is 5.88 Å². The molecule has 3 heteroatoms. The van der Waals surface area contributed by atoms with Gasteiger partial charge in [-0.3, -0.25) is 0 Å². The quantitative estimate of drug-likeness (QED) is 0.494. The van der Waals surface area contributed by atoms with Crippen LogP contribution < -0.4 is 0 Å². The molecule has 0 saturated carbocycles. The first-order valence-electron chi connectivity index (χ1n) is 4.40. The average Bonchev–Trinajstić information content (AvgIpc) is 1.83. The molecule has 0 saturated heterocycles. The van der Waals surface area contributed by atoms with Crippen LogP contribution in [0.25, 0.3) is 0 Å². The van der Waals surface area contributed by atoms with Gasteiger partial charge in [0.2, 0.25) is 0 Å². The van der Waals surface area contributed by atoms with Gasteiger partial charge in [0.05, 0.1) is 14.7 Å². The number of rotatable bonds is 4. The molecule has 0 aliphatic rings. The van der Waals surface area contributed by atoms with Crippen molar-refractivity contribution >= 4 is 8.07 Å². The van der Waals surface area contributed by atoms with Crippen LogP contribution in [-0.4, -0.2) is 33.7 Å². The Morgan fingerprint density at radius 2 is 1.83 bits per heavy atom. The predicted octanol–water partition coefficient (Wildman–Crippen LogP) is 2.30. The summed E-state index contributed by atoms with van der Waals surface area (Å²) in [6.07, 6.45) is 0. The van der Waals surface area contributed by atoms with Crippen LogP contribution in [0.1, 0.15) is 6.92 Å². The highest BCUT2D eigenvalue weighted by atomic mass is 28.3. The SMILES string of the molecule is CCO/C(=C\[Si](C)(C)C)N(C)C. The molecule has 2 nitrogen and oxygen atoms in total. The molecule has 0 heterocycles. The summed E-state index contributed by atoms with van der Waals surface area (Å²) >= 11 is 0. The highest BCUT2D eigenvalue weighted by Crippen LogP contribution is 2.09. The Morgan fingerprint density at radius 3 is 2.08 bits per heavy atom. The predicted molar refractivity (Wildman–Crippen MR) is 56.7 cm³/mol. The molecule has 0 aliphatic heterocycles. The number of hydrogen-bond donors (Lipinski definition) is 0. The minimum absolute atomic E-state index is 0.745. The van der Waals surface area contributed by atoms with Crippen LogP contribution in [-0.2, 0) is 4.74 Å². The van der Waals surface area contributed by atoms with Crippen molar-refractivity contribution in [3.8, 4) is 0 Å². The van der Waals surface area contributed by atoms with Gasteiger partial charge in [0.1, 0.15) is 0 Å². The first kappa shape index (κ1) is 11.6. The highest BCUT2D eigenvalue weighted by molar-refractivity contribution is 6.81. The van der Waals surface area contributed by atoms with Gasteiger partial charge in [-0.05, 0) is 12.6 Å². The molecule has 12 heavy (non-hydrogen) atoms. The second-order valence-corrected chi connectivity index (χ2v) is 9.20. The van der Waals surface area contributed by atoms with E-state index in [1.54, 1.807) is 0 Å². The molecule has 0 aromatic rings. The van der Waals surface area contributed by atoms with E-state index in [9.17, 15) is 0 Å². The van der Waals surface area contributed by atoms with Crippen LogP contribution in [0, 0.1) is 0 Å². The molecule has 0 aromatic heterocycles. The maximum absolute atomic E-state index is 5.50. The molecule has 0 unspecified atom stereocenters. The molecule has 0 rings (SSSR count). The van der Waals surface area contributed by atoms with Gasteiger partial charge >= 0.3 is 0 Å². The molecule has 0 fully saturated rings. The molecular weight excluding hydrogens is 166 g/mol. The molecule has 0 aliphatic carbocycles. The molecule has 0 bridgehead atoms. The molecule has 0 atom stereocenters. The topological polar surface area (TPSA) is 12.5 Å². The van der Waals surface area contributed by atoms with Crippen molar-refractivity contribution in [3.05, 3.63) is 11.6 Å². The van der Waals surface area contributed by atoms with Crippen molar-refractivity contribution in [1.82, 2.24) is 4.90 Å². The first-order valence-corrected chi connectivity index (χ1v) is 7.97. The number of ether oxygens (including phenoxy) is 1. The summed E-state index contributed by atoms with van der Waals surface area (Å²) in [6.45, 7) is 9.66. The standard InChI is InChI=1S/C9H21NOSi/c1-7-11-9(10(2)3)8-12(4,5)6/h8H,7H2,1-6H3/b9-8-. The second kappa shape index (κ2) is 4.55. The average molecular weight is 187 g/mol. The van der Waals surface area contributed by atoms with E-state index in [1.807, 2.05) is 25.9 Å².